The van der Waals surface area contributed by atoms with E-state index in [2.05, 4.69) is 71.9 Å². The van der Waals surface area contributed by atoms with Crippen LogP contribution in [0.3, 0.4) is 0 Å². The Balaban J connectivity index is 2.45. The van der Waals surface area contributed by atoms with Crippen molar-refractivity contribution in [3.05, 3.63) is 103 Å². The first-order valence-corrected chi connectivity index (χ1v) is 15.3. The maximum Gasteiger partial charge on any atom is 0.340 e. The summed E-state index contributed by atoms with van der Waals surface area (Å²) in [7, 11) is 0. The highest BCUT2D eigenvalue weighted by Gasteiger charge is 2.40. The van der Waals surface area contributed by atoms with Gasteiger partial charge in [0.1, 0.15) is 6.61 Å². The fourth-order valence-electron chi connectivity index (χ4n) is 3.71. The Morgan fingerprint density at radius 1 is 0.867 bits per heavy atom. The highest BCUT2D eigenvalue weighted by Crippen LogP contribution is 2.26. The molecular formula is C36H48N2O7. The van der Waals surface area contributed by atoms with E-state index in [0.29, 0.717) is 6.42 Å². The molecule has 1 heterocycles. The molecule has 0 fully saturated rings. The van der Waals surface area contributed by atoms with Crippen LogP contribution in [0.25, 0.3) is 0 Å². The average molecular weight is 621 g/mol. The zero-order valence-electron chi connectivity index (χ0n) is 26.7. The molecule has 0 aromatic carbocycles. The summed E-state index contributed by atoms with van der Waals surface area (Å²) in [6.45, 7) is 5.02. The van der Waals surface area contributed by atoms with Crippen molar-refractivity contribution < 1.29 is 33.8 Å². The number of hydrogen-bond donors (Lipinski definition) is 2. The molecule has 45 heavy (non-hydrogen) atoms. The number of aromatic nitrogens is 1. The molecule has 244 valence electrons. The van der Waals surface area contributed by atoms with E-state index < -0.39 is 35.3 Å². The van der Waals surface area contributed by atoms with Gasteiger partial charge in [0.05, 0.1) is 18.4 Å². The van der Waals surface area contributed by atoms with Crippen LogP contribution in [-0.4, -0.2) is 53.2 Å². The SMILES string of the molecule is CC/C=C\C/C=C\C/C=C\C/C=C\C/C=C\C/C=C\CC(=O)OCC(C)(C)[C@@H](OC(=O)c1cccnc1)C(=O)NCCC(=O)O. The zero-order chi connectivity index (χ0) is 33.2. The van der Waals surface area contributed by atoms with Crippen molar-refractivity contribution in [2.75, 3.05) is 13.2 Å². The predicted molar refractivity (Wildman–Crippen MR) is 176 cm³/mol. The minimum atomic E-state index is -1.35. The minimum Gasteiger partial charge on any atom is -0.481 e. The van der Waals surface area contributed by atoms with Gasteiger partial charge in [0, 0.05) is 24.4 Å². The van der Waals surface area contributed by atoms with Gasteiger partial charge in [-0.2, -0.15) is 0 Å². The molecule has 1 atom stereocenters. The summed E-state index contributed by atoms with van der Waals surface area (Å²) in [6.07, 6.45) is 31.5. The van der Waals surface area contributed by atoms with Gasteiger partial charge in [-0.15, -0.1) is 0 Å². The lowest BCUT2D eigenvalue weighted by Gasteiger charge is -2.32. The highest BCUT2D eigenvalue weighted by molar-refractivity contribution is 5.92. The monoisotopic (exact) mass is 620 g/mol. The number of pyridine rings is 1. The number of carbonyl (C=O) groups excluding carboxylic acids is 3. The number of rotatable bonds is 22. The Morgan fingerprint density at radius 3 is 1.89 bits per heavy atom. The molecule has 0 saturated carbocycles. The number of aliphatic carboxylic acids is 1. The van der Waals surface area contributed by atoms with Crippen LogP contribution in [0.1, 0.15) is 82.5 Å². The molecular weight excluding hydrogens is 572 g/mol. The van der Waals surface area contributed by atoms with E-state index in [1.165, 1.54) is 18.5 Å². The lowest BCUT2D eigenvalue weighted by Crippen LogP contribution is -2.49. The van der Waals surface area contributed by atoms with E-state index in [0.717, 1.165) is 32.1 Å². The van der Waals surface area contributed by atoms with Crippen molar-refractivity contribution in [1.82, 2.24) is 10.3 Å². The van der Waals surface area contributed by atoms with Crippen LogP contribution in [0.5, 0.6) is 0 Å². The third kappa shape index (κ3) is 19.4. The van der Waals surface area contributed by atoms with Crippen molar-refractivity contribution in [2.24, 2.45) is 5.41 Å². The molecule has 1 amide bonds. The van der Waals surface area contributed by atoms with E-state index in [9.17, 15) is 19.2 Å². The number of carboxylic acid groups (broad SMARTS) is 1. The first-order valence-electron chi connectivity index (χ1n) is 15.3. The third-order valence-corrected chi connectivity index (χ3v) is 6.19. The summed E-state index contributed by atoms with van der Waals surface area (Å²) in [5.74, 6) is -3.04. The van der Waals surface area contributed by atoms with Crippen molar-refractivity contribution in [3.63, 3.8) is 0 Å². The van der Waals surface area contributed by atoms with Gasteiger partial charge >= 0.3 is 17.9 Å². The smallest absolute Gasteiger partial charge is 0.340 e. The van der Waals surface area contributed by atoms with E-state index in [1.807, 2.05) is 12.2 Å². The topological polar surface area (TPSA) is 132 Å². The van der Waals surface area contributed by atoms with Gasteiger partial charge in [0.15, 0.2) is 6.10 Å². The number of nitrogens with zero attached hydrogens (tertiary/aromatic N) is 1. The number of esters is 2. The lowest BCUT2D eigenvalue weighted by molar-refractivity contribution is -0.153. The molecule has 1 rings (SSSR count). The van der Waals surface area contributed by atoms with Crippen molar-refractivity contribution in [3.8, 4) is 0 Å². The number of carboxylic acids is 1. The average Bonchev–Trinajstić information content (AvgIpc) is 3.02. The number of amides is 1. The summed E-state index contributed by atoms with van der Waals surface area (Å²) >= 11 is 0. The Hall–Kier alpha value is -4.53. The first kappa shape index (κ1) is 38.5. The fourth-order valence-corrected chi connectivity index (χ4v) is 3.71. The highest BCUT2D eigenvalue weighted by atomic mass is 16.6. The molecule has 1 aromatic heterocycles. The summed E-state index contributed by atoms with van der Waals surface area (Å²) in [5.41, 5.74) is -0.967. The quantitative estimate of drug-likeness (QED) is 0.106. The van der Waals surface area contributed by atoms with Gasteiger partial charge in [0.25, 0.3) is 5.91 Å². The van der Waals surface area contributed by atoms with Crippen LogP contribution in [0.4, 0.5) is 0 Å². The standard InChI is InChI=1S/C36H48N2O7/c1-4-5-6-7-8-9-10-11-12-13-14-15-16-17-18-19-20-21-24-32(41)44-29-36(2,3)33(34(42)38-27-25-31(39)40)45-35(43)30-23-22-26-37-28-30/h5-6,8-9,11-12,14-15,17-18,20-23,26,28,33H,4,7,10,13,16,19,24-25,27,29H2,1-3H3,(H,38,42)(H,39,40)/b6-5-,9-8-,12-11-,15-14-,18-17-,21-20-/t33-/m0/s1. The summed E-state index contributed by atoms with van der Waals surface area (Å²) in [6, 6.07) is 3.05. The largest absolute Gasteiger partial charge is 0.481 e. The molecule has 0 saturated heterocycles. The Bertz CT molecular complexity index is 1210. The molecule has 0 radical (unpaired) electrons. The molecule has 0 aliphatic carbocycles. The van der Waals surface area contributed by atoms with Gasteiger partial charge in [-0.1, -0.05) is 93.7 Å². The van der Waals surface area contributed by atoms with E-state index in [1.54, 1.807) is 26.0 Å². The molecule has 0 aliphatic heterocycles. The number of hydrogen-bond acceptors (Lipinski definition) is 7. The van der Waals surface area contributed by atoms with E-state index >= 15 is 0 Å². The first-order chi connectivity index (χ1) is 21.7. The Labute approximate surface area is 267 Å². The third-order valence-electron chi connectivity index (χ3n) is 6.19. The summed E-state index contributed by atoms with van der Waals surface area (Å²) < 4.78 is 10.9. The van der Waals surface area contributed by atoms with Crippen LogP contribution >= 0.6 is 0 Å². The maximum absolute atomic E-state index is 12.9. The molecule has 9 heteroatoms. The summed E-state index contributed by atoms with van der Waals surface area (Å²) in [4.78, 5) is 52.6. The number of carbonyl (C=O) groups is 4. The van der Waals surface area contributed by atoms with Gasteiger partial charge in [-0.25, -0.2) is 4.79 Å². The normalized spacial score (nSPS) is 13.0. The van der Waals surface area contributed by atoms with Crippen molar-refractivity contribution in [2.45, 2.75) is 78.2 Å². The van der Waals surface area contributed by atoms with Gasteiger partial charge in [0.2, 0.25) is 0 Å². The van der Waals surface area contributed by atoms with Gasteiger partial charge in [-0.3, -0.25) is 19.4 Å². The molecule has 0 bridgehead atoms. The molecule has 1 aromatic rings. The van der Waals surface area contributed by atoms with E-state index in [-0.39, 0.29) is 31.6 Å². The van der Waals surface area contributed by atoms with Crippen LogP contribution in [0.15, 0.2) is 97.4 Å². The maximum atomic E-state index is 12.9. The molecule has 9 nitrogen and oxygen atoms in total. The van der Waals surface area contributed by atoms with Gasteiger partial charge in [-0.05, 0) is 50.7 Å². The second-order valence-electron chi connectivity index (χ2n) is 10.7. The lowest BCUT2D eigenvalue weighted by atomic mass is 9.86. The fraction of sp³-hybridized carbons (Fsp3) is 0.417. The Morgan fingerprint density at radius 2 is 1.40 bits per heavy atom. The summed E-state index contributed by atoms with van der Waals surface area (Å²) in [5, 5.41) is 11.3. The minimum absolute atomic E-state index is 0.0474. The number of nitrogens with one attached hydrogen (secondary N) is 1. The van der Waals surface area contributed by atoms with Crippen LogP contribution in [0, 0.1) is 5.41 Å². The predicted octanol–water partition coefficient (Wildman–Crippen LogP) is 6.86. The molecule has 0 unspecified atom stereocenters. The zero-order valence-corrected chi connectivity index (χ0v) is 26.7. The number of allylic oxidation sites excluding steroid dienone is 11. The van der Waals surface area contributed by atoms with Crippen LogP contribution < -0.4 is 5.32 Å². The van der Waals surface area contributed by atoms with E-state index in [4.69, 9.17) is 14.6 Å². The molecule has 2 N–H and O–H groups in total. The van der Waals surface area contributed by atoms with Crippen molar-refractivity contribution in [1.29, 1.82) is 0 Å². The van der Waals surface area contributed by atoms with Crippen LogP contribution in [0.2, 0.25) is 0 Å². The molecule has 0 spiro atoms. The van der Waals surface area contributed by atoms with Gasteiger partial charge < -0.3 is 19.9 Å². The Kier molecular flexibility index (Phi) is 20.4. The second kappa shape index (κ2) is 23.9. The van der Waals surface area contributed by atoms with Crippen LogP contribution in [-0.2, 0) is 23.9 Å². The second-order valence-corrected chi connectivity index (χ2v) is 10.7. The number of ether oxygens (including phenoxy) is 2. The molecule has 0 aliphatic rings. The van der Waals surface area contributed by atoms with Crippen molar-refractivity contribution >= 4 is 23.8 Å².